The Morgan fingerprint density at radius 2 is 2.33 bits per heavy atom. The first-order chi connectivity index (χ1) is 10.1. The van der Waals surface area contributed by atoms with Gasteiger partial charge in [0, 0.05) is 19.5 Å². The number of aromatic nitrogens is 3. The van der Waals surface area contributed by atoms with Crippen LogP contribution >= 0.6 is 0 Å². The van der Waals surface area contributed by atoms with Crippen molar-refractivity contribution in [2.75, 3.05) is 18.4 Å². The smallest absolute Gasteiger partial charge is 0.264 e. The Labute approximate surface area is 122 Å². The Kier molecular flexibility index (Phi) is 4.52. The van der Waals surface area contributed by atoms with Gasteiger partial charge in [-0.1, -0.05) is 0 Å². The van der Waals surface area contributed by atoms with Gasteiger partial charge in [0.05, 0.1) is 25.0 Å². The summed E-state index contributed by atoms with van der Waals surface area (Å²) in [5, 5.41) is 12.9. The van der Waals surface area contributed by atoms with Crippen LogP contribution in [0, 0.1) is 11.3 Å². The van der Waals surface area contributed by atoms with Crippen LogP contribution in [0.5, 0.6) is 0 Å². The molecular weight excluding hydrogens is 294 g/mol. The van der Waals surface area contributed by atoms with E-state index in [1.54, 1.807) is 24.1 Å². The largest absolute Gasteiger partial charge is 0.383 e. The lowest BCUT2D eigenvalue weighted by Crippen LogP contribution is -2.14. The van der Waals surface area contributed by atoms with Gasteiger partial charge in [-0.2, -0.15) is 10.4 Å². The number of rotatable bonds is 6. The highest BCUT2D eigenvalue weighted by Crippen LogP contribution is 2.17. The molecule has 0 aliphatic rings. The van der Waals surface area contributed by atoms with Gasteiger partial charge in [0.1, 0.15) is 11.0 Å². The summed E-state index contributed by atoms with van der Waals surface area (Å²) < 4.78 is 33.3. The van der Waals surface area contributed by atoms with Crippen molar-refractivity contribution in [1.29, 1.82) is 5.26 Å². The standard InChI is InChI=1S/C12H13N5O3S/c1-20-6-5-17-9-10(8-15-17)16-21(18,19)12-3-2-4-14-11(12)7-13/h2-4,8-9,16H,5-6H2,1H3. The fraction of sp³-hybridized carbons (Fsp3) is 0.250. The Balaban J connectivity index is 2.22. The summed E-state index contributed by atoms with van der Waals surface area (Å²) in [5.41, 5.74) is 0.149. The van der Waals surface area contributed by atoms with Crippen LogP contribution in [0.1, 0.15) is 5.69 Å². The van der Waals surface area contributed by atoms with Crippen LogP contribution in [-0.2, 0) is 21.3 Å². The number of nitriles is 1. The molecule has 1 N–H and O–H groups in total. The molecule has 0 spiro atoms. The van der Waals surface area contributed by atoms with Crippen LogP contribution < -0.4 is 4.72 Å². The molecule has 0 aromatic carbocycles. The Bertz CT molecular complexity index is 763. The van der Waals surface area contributed by atoms with E-state index in [1.807, 2.05) is 0 Å². The molecule has 2 heterocycles. The summed E-state index contributed by atoms with van der Waals surface area (Å²) in [6, 6.07) is 4.53. The molecule has 9 heteroatoms. The minimum Gasteiger partial charge on any atom is -0.383 e. The van der Waals surface area contributed by atoms with Gasteiger partial charge in [-0.05, 0) is 12.1 Å². The molecular formula is C12H13N5O3S. The lowest BCUT2D eigenvalue weighted by Gasteiger charge is -2.06. The van der Waals surface area contributed by atoms with E-state index in [0.29, 0.717) is 18.8 Å². The van der Waals surface area contributed by atoms with Crippen molar-refractivity contribution in [3.63, 3.8) is 0 Å². The molecule has 0 fully saturated rings. The maximum atomic E-state index is 12.2. The molecule has 0 amide bonds. The lowest BCUT2D eigenvalue weighted by atomic mass is 10.4. The fourth-order valence-corrected chi connectivity index (χ4v) is 2.76. The van der Waals surface area contributed by atoms with E-state index in [0.717, 1.165) is 0 Å². The third-order valence-electron chi connectivity index (χ3n) is 2.58. The van der Waals surface area contributed by atoms with E-state index in [1.165, 1.54) is 24.5 Å². The predicted octanol–water partition coefficient (Wildman–Crippen LogP) is 0.597. The highest BCUT2D eigenvalue weighted by molar-refractivity contribution is 7.92. The SMILES string of the molecule is COCCn1cc(NS(=O)(=O)c2cccnc2C#N)cn1. The molecule has 21 heavy (non-hydrogen) atoms. The van der Waals surface area contributed by atoms with E-state index in [2.05, 4.69) is 14.8 Å². The first-order valence-electron chi connectivity index (χ1n) is 5.96. The van der Waals surface area contributed by atoms with Crippen LogP contribution in [0.15, 0.2) is 35.6 Å². The number of hydrogen-bond donors (Lipinski definition) is 1. The molecule has 0 unspecified atom stereocenters. The van der Waals surface area contributed by atoms with Crippen molar-refractivity contribution in [2.24, 2.45) is 0 Å². The number of methoxy groups -OCH3 is 1. The number of pyridine rings is 1. The van der Waals surface area contributed by atoms with Gasteiger partial charge in [-0.15, -0.1) is 0 Å². The van der Waals surface area contributed by atoms with Crippen molar-refractivity contribution in [3.05, 3.63) is 36.4 Å². The number of anilines is 1. The molecule has 0 aliphatic carbocycles. The molecule has 110 valence electrons. The molecule has 2 aromatic heterocycles. The van der Waals surface area contributed by atoms with Crippen molar-refractivity contribution in [3.8, 4) is 6.07 Å². The number of ether oxygens (including phenoxy) is 1. The van der Waals surface area contributed by atoms with Crippen molar-refractivity contribution < 1.29 is 13.2 Å². The Hall–Kier alpha value is -2.44. The predicted molar refractivity (Wildman–Crippen MR) is 73.9 cm³/mol. The van der Waals surface area contributed by atoms with E-state index in [9.17, 15) is 8.42 Å². The molecule has 0 saturated heterocycles. The van der Waals surface area contributed by atoms with Gasteiger partial charge in [-0.3, -0.25) is 9.40 Å². The van der Waals surface area contributed by atoms with Gasteiger partial charge < -0.3 is 4.74 Å². The van der Waals surface area contributed by atoms with Crippen molar-refractivity contribution in [1.82, 2.24) is 14.8 Å². The summed E-state index contributed by atoms with van der Waals surface area (Å²) in [4.78, 5) is 3.56. The summed E-state index contributed by atoms with van der Waals surface area (Å²) in [7, 11) is -2.31. The monoisotopic (exact) mass is 307 g/mol. The molecule has 8 nitrogen and oxygen atoms in total. The highest BCUT2D eigenvalue weighted by Gasteiger charge is 2.19. The Morgan fingerprint density at radius 1 is 1.52 bits per heavy atom. The first kappa shape index (κ1) is 15.0. The normalized spacial score (nSPS) is 11.0. The maximum Gasteiger partial charge on any atom is 0.264 e. The minimum atomic E-state index is -3.88. The Morgan fingerprint density at radius 3 is 3.05 bits per heavy atom. The third-order valence-corrected chi connectivity index (χ3v) is 3.99. The quantitative estimate of drug-likeness (QED) is 0.836. The van der Waals surface area contributed by atoms with Gasteiger partial charge in [0.2, 0.25) is 0 Å². The van der Waals surface area contributed by atoms with Gasteiger partial charge in [-0.25, -0.2) is 13.4 Å². The number of nitrogens with one attached hydrogen (secondary N) is 1. The zero-order chi connectivity index (χ0) is 15.3. The average Bonchev–Trinajstić information content (AvgIpc) is 2.91. The van der Waals surface area contributed by atoms with Crippen molar-refractivity contribution in [2.45, 2.75) is 11.4 Å². The lowest BCUT2D eigenvalue weighted by molar-refractivity contribution is 0.183. The minimum absolute atomic E-state index is 0.156. The van der Waals surface area contributed by atoms with Crippen molar-refractivity contribution >= 4 is 15.7 Å². The van der Waals surface area contributed by atoms with E-state index >= 15 is 0 Å². The number of sulfonamides is 1. The van der Waals surface area contributed by atoms with Gasteiger partial charge in [0.25, 0.3) is 10.0 Å². The second kappa shape index (κ2) is 6.34. The second-order valence-electron chi connectivity index (χ2n) is 4.05. The summed E-state index contributed by atoms with van der Waals surface area (Å²) in [5.74, 6) is 0. The number of hydrogen-bond acceptors (Lipinski definition) is 6. The zero-order valence-corrected chi connectivity index (χ0v) is 12.0. The molecule has 0 aliphatic heterocycles. The average molecular weight is 307 g/mol. The summed E-state index contributed by atoms with van der Waals surface area (Å²) >= 11 is 0. The van der Waals surface area contributed by atoms with Gasteiger partial charge in [0.15, 0.2) is 5.69 Å². The second-order valence-corrected chi connectivity index (χ2v) is 5.70. The zero-order valence-electron chi connectivity index (χ0n) is 11.2. The summed E-state index contributed by atoms with van der Waals surface area (Å²) in [6.07, 6.45) is 4.29. The summed E-state index contributed by atoms with van der Waals surface area (Å²) in [6.45, 7) is 0.976. The molecule has 0 atom stereocenters. The number of nitrogens with zero attached hydrogens (tertiary/aromatic N) is 4. The first-order valence-corrected chi connectivity index (χ1v) is 7.44. The fourth-order valence-electron chi connectivity index (χ4n) is 1.62. The molecule has 0 saturated carbocycles. The highest BCUT2D eigenvalue weighted by atomic mass is 32.2. The van der Waals surface area contributed by atoms with E-state index in [-0.39, 0.29) is 10.6 Å². The topological polar surface area (TPSA) is 110 Å². The third kappa shape index (κ3) is 3.56. The van der Waals surface area contributed by atoms with Crippen LogP contribution in [0.25, 0.3) is 0 Å². The molecule has 2 rings (SSSR count). The van der Waals surface area contributed by atoms with Crippen LogP contribution in [0.3, 0.4) is 0 Å². The molecule has 2 aromatic rings. The van der Waals surface area contributed by atoms with E-state index < -0.39 is 10.0 Å². The van der Waals surface area contributed by atoms with Gasteiger partial charge >= 0.3 is 0 Å². The van der Waals surface area contributed by atoms with Crippen LogP contribution in [0.4, 0.5) is 5.69 Å². The maximum absolute atomic E-state index is 12.2. The molecule has 0 bridgehead atoms. The van der Waals surface area contributed by atoms with E-state index in [4.69, 9.17) is 10.00 Å². The van der Waals surface area contributed by atoms with Crippen LogP contribution in [0.2, 0.25) is 0 Å². The van der Waals surface area contributed by atoms with Crippen LogP contribution in [-0.4, -0.2) is 36.9 Å². The molecule has 0 radical (unpaired) electrons.